The van der Waals surface area contributed by atoms with Gasteiger partial charge in [-0.15, -0.1) is 0 Å². The molecule has 0 fully saturated rings. The first kappa shape index (κ1) is 10.6. The van der Waals surface area contributed by atoms with E-state index in [2.05, 4.69) is 0 Å². The molecule has 7 heavy (non-hydrogen) atoms. The van der Waals surface area contributed by atoms with Gasteiger partial charge in [0.25, 0.3) is 0 Å². The van der Waals surface area contributed by atoms with Crippen molar-refractivity contribution in [2.45, 2.75) is 0 Å². The molecule has 0 aliphatic heterocycles. The van der Waals surface area contributed by atoms with E-state index in [1.165, 1.54) is 0 Å². The number of hydrogen-bond acceptors (Lipinski definition) is 1. The third-order valence-corrected chi connectivity index (χ3v) is 0.822. The Morgan fingerprint density at radius 1 is 1.29 bits per heavy atom. The molecule has 0 aromatic heterocycles. The Morgan fingerprint density at radius 3 is 1.43 bits per heavy atom. The summed E-state index contributed by atoms with van der Waals surface area (Å²) in [4.78, 5) is 9.75. The van der Waals surface area contributed by atoms with Crippen LogP contribution in [-0.4, -0.2) is 25.7 Å². The van der Waals surface area contributed by atoms with Crippen molar-refractivity contribution in [3.63, 3.8) is 0 Å². The van der Waals surface area contributed by atoms with Crippen molar-refractivity contribution in [1.82, 2.24) is 0 Å². The van der Waals surface area contributed by atoms with Crippen LogP contribution in [0.1, 0.15) is 0 Å². The first-order valence-corrected chi connectivity index (χ1v) is 4.90. The van der Waals surface area contributed by atoms with E-state index in [4.69, 9.17) is 0 Å². The summed E-state index contributed by atoms with van der Waals surface area (Å²) in [7, 11) is 0. The molecule has 0 aliphatic carbocycles. The zero-order valence-corrected chi connectivity index (χ0v) is 7.12. The summed E-state index contributed by atoms with van der Waals surface area (Å²) in [5.74, 6) is 0. The van der Waals surface area contributed by atoms with Crippen LogP contribution < -0.4 is 0 Å². The topological polar surface area (TPSA) is 17.1 Å². The third-order valence-electron chi connectivity index (χ3n) is 0.274. The molecule has 0 heterocycles. The van der Waals surface area contributed by atoms with Gasteiger partial charge < -0.3 is 0 Å². The van der Waals surface area contributed by atoms with E-state index in [0.717, 1.165) is 0 Å². The molecular weight excluding hydrogens is 201 g/mol. The third kappa shape index (κ3) is 10.8. The second-order valence-electron chi connectivity index (χ2n) is 2.10. The van der Waals surface area contributed by atoms with E-state index < -0.39 is 6.89 Å². The van der Waals surface area contributed by atoms with Crippen LogP contribution in [0.2, 0.25) is 0 Å². The molecule has 0 spiro atoms. The minimum Gasteiger partial charge on any atom is -0.234 e. The molecule has 0 aromatic rings. The van der Waals surface area contributed by atoms with Crippen molar-refractivity contribution >= 4 is 12.5 Å². The van der Waals surface area contributed by atoms with Gasteiger partial charge in [0.15, 0.2) is 0 Å². The van der Waals surface area contributed by atoms with Crippen LogP contribution in [0.25, 0.3) is 0 Å². The zero-order valence-electron chi connectivity index (χ0n) is 4.67. The molecule has 0 rings (SSSR count). The van der Waals surface area contributed by atoms with Crippen LogP contribution in [0.3, 0.4) is 0 Å². The quantitative estimate of drug-likeness (QED) is 0.430. The summed E-state index contributed by atoms with van der Waals surface area (Å²) in [5, 5.41) is 0. The molecule has 0 aromatic carbocycles. The number of rotatable bonds is 0. The van der Waals surface area contributed by atoms with Crippen LogP contribution in [0.15, 0.2) is 0 Å². The molecule has 0 N–H and O–H groups in total. The van der Waals surface area contributed by atoms with Crippen LogP contribution in [0, 0.1) is 0 Å². The fraction of sp³-hybridized carbons (Fsp3) is 0.750. The van der Waals surface area contributed by atoms with Crippen molar-refractivity contribution in [3.05, 3.63) is 0 Å². The van der Waals surface area contributed by atoms with E-state index >= 15 is 0 Å². The predicted molar refractivity (Wildman–Crippen MR) is 30.4 cm³/mol. The molecule has 0 atom stereocenters. The maximum Gasteiger partial charge on any atom is 0.113 e. The second-order valence-corrected chi connectivity index (χ2v) is 6.31. The van der Waals surface area contributed by atoms with Gasteiger partial charge in [0.2, 0.25) is 0 Å². The maximum absolute atomic E-state index is 9.75. The van der Waals surface area contributed by atoms with Crippen molar-refractivity contribution in [1.29, 1.82) is 0 Å². The van der Waals surface area contributed by atoms with Gasteiger partial charge in [-0.1, -0.05) is 0 Å². The minimum atomic E-state index is -1.20. The van der Waals surface area contributed by atoms with Gasteiger partial charge in [-0.25, -0.2) is 4.79 Å². The Bertz CT molecular complexity index is 101. The Hall–Kier alpha value is 0.672. The molecule has 0 unspecified atom stereocenters. The largest absolute Gasteiger partial charge is 0.234 e. The van der Waals surface area contributed by atoms with Gasteiger partial charge in [0.05, 0.1) is 0 Å². The fourth-order valence-corrected chi connectivity index (χ4v) is 0. The Kier molecular flexibility index (Phi) is 5.53. The van der Waals surface area contributed by atoms with Gasteiger partial charge in [-0.05, 0) is 26.9 Å². The van der Waals surface area contributed by atoms with Crippen molar-refractivity contribution in [3.8, 4) is 0 Å². The number of carbonyl (C=O) groups excluding carboxylic acids is 1. The van der Waals surface area contributed by atoms with Gasteiger partial charge >= 0.3 is 0 Å². The average molecular weight is 211 g/mol. The molecule has 1 nitrogen and oxygen atoms in total. The Labute approximate surface area is 58.1 Å². The predicted octanol–water partition coefficient (Wildman–Crippen LogP) is 0.958. The first-order valence-electron chi connectivity index (χ1n) is 1.77. The summed E-state index contributed by atoms with van der Waals surface area (Å²) < 4.78 is 0. The van der Waals surface area contributed by atoms with Crippen molar-refractivity contribution < 1.29 is 25.2 Å². The van der Waals surface area contributed by atoms with E-state index in [0.29, 0.717) is 0 Å². The molecule has 0 saturated heterocycles. The fourth-order valence-electron chi connectivity index (χ4n) is 0. The van der Waals surface area contributed by atoms with Gasteiger partial charge in [0.1, 0.15) is 5.66 Å². The van der Waals surface area contributed by atoms with Crippen LogP contribution in [0.5, 0.6) is 0 Å². The maximum atomic E-state index is 9.75. The molecule has 0 radical (unpaired) electrons. The number of hydrogen-bond donors (Lipinski definition) is 0. The van der Waals surface area contributed by atoms with Crippen LogP contribution >= 0.6 is 6.89 Å². The normalized spacial score (nSPS) is 9.00. The van der Waals surface area contributed by atoms with E-state index in [9.17, 15) is 4.79 Å². The average Bonchev–Trinajstić information content (AvgIpc) is 1.35. The van der Waals surface area contributed by atoms with Crippen molar-refractivity contribution in [2.24, 2.45) is 0 Å². The second kappa shape index (κ2) is 3.65. The van der Waals surface area contributed by atoms with Crippen LogP contribution in [-0.2, 0) is 25.2 Å². The molecule has 0 aliphatic rings. The molecule has 0 bridgehead atoms. The molecule has 46 valence electrons. The van der Waals surface area contributed by atoms with Crippen LogP contribution in [0.4, 0.5) is 0 Å². The summed E-state index contributed by atoms with van der Waals surface area (Å²) in [5.41, 5.74) is 1.97. The summed E-state index contributed by atoms with van der Waals surface area (Å²) in [6.45, 7) is 4.59. The molecule has 3 heteroatoms. The smallest absolute Gasteiger partial charge is 0.113 e. The molecule has 0 amide bonds. The first-order chi connectivity index (χ1) is 2.56. The summed E-state index contributed by atoms with van der Waals surface area (Å²) >= 11 is 0. The Morgan fingerprint density at radius 2 is 1.43 bits per heavy atom. The molecular formula is C4H9OPPd. The van der Waals surface area contributed by atoms with Gasteiger partial charge in [0, 0.05) is 20.4 Å². The summed E-state index contributed by atoms with van der Waals surface area (Å²) in [6, 6.07) is 0. The monoisotopic (exact) mass is 210 g/mol. The van der Waals surface area contributed by atoms with Gasteiger partial charge in [-0.3, -0.25) is 0 Å². The van der Waals surface area contributed by atoms with E-state index in [1.807, 2.05) is 25.7 Å². The van der Waals surface area contributed by atoms with Crippen molar-refractivity contribution in [2.75, 3.05) is 20.0 Å². The SMILES string of the molecule is CP(C)(C)=C=O.[Pd]. The van der Waals surface area contributed by atoms with Gasteiger partial charge in [-0.2, -0.15) is 0 Å². The summed E-state index contributed by atoms with van der Waals surface area (Å²) in [6.07, 6.45) is 0. The Balaban J connectivity index is 0. The minimum absolute atomic E-state index is 0. The van der Waals surface area contributed by atoms with E-state index in [-0.39, 0.29) is 20.4 Å². The standard InChI is InChI=1S/C4H9OP.Pd/c1-6(2,3)4-5;/h1-3H3;. The molecule has 0 saturated carbocycles. The zero-order chi connectivity index (χ0) is 5.21. The van der Waals surface area contributed by atoms with E-state index in [1.54, 1.807) is 0 Å².